The SMILES string of the molecule is CN(c1ncncc1CN)S(C)(=O)=O. The van der Waals surface area contributed by atoms with Gasteiger partial charge in [0.05, 0.1) is 6.26 Å². The van der Waals surface area contributed by atoms with Gasteiger partial charge in [-0.25, -0.2) is 18.4 Å². The van der Waals surface area contributed by atoms with Gasteiger partial charge in [0, 0.05) is 25.4 Å². The van der Waals surface area contributed by atoms with Gasteiger partial charge in [0.15, 0.2) is 0 Å². The molecule has 0 saturated carbocycles. The summed E-state index contributed by atoms with van der Waals surface area (Å²) >= 11 is 0. The fraction of sp³-hybridized carbons (Fsp3) is 0.429. The molecular formula is C7H12N4O2S. The second-order valence-corrected chi connectivity index (χ2v) is 4.82. The Morgan fingerprint density at radius 1 is 1.57 bits per heavy atom. The lowest BCUT2D eigenvalue weighted by atomic mass is 10.3. The molecular weight excluding hydrogens is 204 g/mol. The summed E-state index contributed by atoms with van der Waals surface area (Å²) in [6.07, 6.45) is 3.90. The number of sulfonamides is 1. The molecule has 0 aromatic carbocycles. The number of aromatic nitrogens is 2. The Morgan fingerprint density at radius 2 is 2.21 bits per heavy atom. The molecule has 0 fully saturated rings. The summed E-state index contributed by atoms with van der Waals surface area (Å²) in [6, 6.07) is 0. The van der Waals surface area contributed by atoms with Gasteiger partial charge in [0.25, 0.3) is 0 Å². The Bertz CT molecular complexity index is 417. The minimum absolute atomic E-state index is 0.204. The zero-order chi connectivity index (χ0) is 10.8. The number of hydrogen-bond acceptors (Lipinski definition) is 5. The van der Waals surface area contributed by atoms with Crippen LogP contribution in [-0.4, -0.2) is 31.7 Å². The fourth-order valence-corrected chi connectivity index (χ4v) is 1.42. The van der Waals surface area contributed by atoms with Crippen LogP contribution >= 0.6 is 0 Å². The predicted molar refractivity (Wildman–Crippen MR) is 53.2 cm³/mol. The van der Waals surface area contributed by atoms with Crippen molar-refractivity contribution in [3.8, 4) is 0 Å². The normalized spacial score (nSPS) is 11.4. The molecule has 0 saturated heterocycles. The molecule has 0 radical (unpaired) electrons. The van der Waals surface area contributed by atoms with Gasteiger partial charge >= 0.3 is 0 Å². The van der Waals surface area contributed by atoms with Gasteiger partial charge in [0.2, 0.25) is 10.0 Å². The van der Waals surface area contributed by atoms with E-state index in [9.17, 15) is 8.42 Å². The van der Waals surface area contributed by atoms with Crippen LogP contribution in [0.1, 0.15) is 5.56 Å². The maximum atomic E-state index is 11.2. The standard InChI is InChI=1S/C7H12N4O2S/c1-11(14(2,12)13)7-6(3-8)4-9-5-10-7/h4-5H,3,8H2,1-2H3. The highest BCUT2D eigenvalue weighted by atomic mass is 32.2. The minimum atomic E-state index is -3.30. The van der Waals surface area contributed by atoms with E-state index in [2.05, 4.69) is 9.97 Å². The van der Waals surface area contributed by atoms with E-state index in [0.717, 1.165) is 10.6 Å². The molecule has 0 aliphatic heterocycles. The third kappa shape index (κ3) is 2.18. The lowest BCUT2D eigenvalue weighted by Crippen LogP contribution is -2.27. The van der Waals surface area contributed by atoms with Crippen LogP contribution in [-0.2, 0) is 16.6 Å². The Kier molecular flexibility index (Phi) is 3.02. The van der Waals surface area contributed by atoms with Crippen molar-refractivity contribution in [2.45, 2.75) is 6.54 Å². The molecule has 6 nitrogen and oxygen atoms in total. The van der Waals surface area contributed by atoms with Gasteiger partial charge in [-0.1, -0.05) is 0 Å². The largest absolute Gasteiger partial charge is 0.326 e. The first-order valence-corrected chi connectivity index (χ1v) is 5.74. The van der Waals surface area contributed by atoms with Crippen molar-refractivity contribution in [1.82, 2.24) is 9.97 Å². The van der Waals surface area contributed by atoms with E-state index in [0.29, 0.717) is 11.4 Å². The number of nitrogens with zero attached hydrogens (tertiary/aromatic N) is 3. The van der Waals surface area contributed by atoms with Crippen molar-refractivity contribution >= 4 is 15.8 Å². The molecule has 2 N–H and O–H groups in total. The summed E-state index contributed by atoms with van der Waals surface area (Å²) in [5.74, 6) is 0.324. The molecule has 0 spiro atoms. The van der Waals surface area contributed by atoms with Crippen LogP contribution < -0.4 is 10.0 Å². The first-order valence-electron chi connectivity index (χ1n) is 3.89. The second-order valence-electron chi connectivity index (χ2n) is 2.81. The van der Waals surface area contributed by atoms with Crippen molar-refractivity contribution in [1.29, 1.82) is 0 Å². The average molecular weight is 216 g/mol. The summed E-state index contributed by atoms with van der Waals surface area (Å²) in [6.45, 7) is 0.204. The summed E-state index contributed by atoms with van der Waals surface area (Å²) in [4.78, 5) is 7.64. The first kappa shape index (κ1) is 10.9. The lowest BCUT2D eigenvalue weighted by Gasteiger charge is -2.17. The van der Waals surface area contributed by atoms with E-state index in [-0.39, 0.29) is 6.54 Å². The van der Waals surface area contributed by atoms with Crippen LogP contribution in [0.3, 0.4) is 0 Å². The zero-order valence-electron chi connectivity index (χ0n) is 8.01. The van der Waals surface area contributed by atoms with Crippen LogP contribution in [0.5, 0.6) is 0 Å². The van der Waals surface area contributed by atoms with Crippen LogP contribution in [0.2, 0.25) is 0 Å². The van der Waals surface area contributed by atoms with Crippen molar-refractivity contribution in [2.24, 2.45) is 5.73 Å². The Hall–Kier alpha value is -1.21. The number of rotatable bonds is 3. The number of nitrogens with two attached hydrogens (primary N) is 1. The highest BCUT2D eigenvalue weighted by molar-refractivity contribution is 7.92. The van der Waals surface area contributed by atoms with E-state index in [4.69, 9.17) is 5.73 Å². The average Bonchev–Trinajstić information content (AvgIpc) is 2.15. The van der Waals surface area contributed by atoms with E-state index >= 15 is 0 Å². The summed E-state index contributed by atoms with van der Waals surface area (Å²) in [5, 5.41) is 0. The zero-order valence-corrected chi connectivity index (χ0v) is 8.82. The molecule has 1 heterocycles. The molecule has 0 amide bonds. The Morgan fingerprint density at radius 3 is 2.71 bits per heavy atom. The second kappa shape index (κ2) is 3.89. The number of anilines is 1. The maximum Gasteiger partial charge on any atom is 0.233 e. The molecule has 0 atom stereocenters. The molecule has 0 aliphatic carbocycles. The molecule has 78 valence electrons. The van der Waals surface area contributed by atoms with Gasteiger partial charge in [-0.05, 0) is 0 Å². The third-order valence-corrected chi connectivity index (χ3v) is 2.95. The predicted octanol–water partition coefficient (Wildman–Crippen LogP) is -0.669. The monoisotopic (exact) mass is 216 g/mol. The molecule has 0 bridgehead atoms. The van der Waals surface area contributed by atoms with Crippen molar-refractivity contribution < 1.29 is 8.42 Å². The quantitative estimate of drug-likeness (QED) is 0.724. The summed E-state index contributed by atoms with van der Waals surface area (Å²) in [7, 11) is -1.87. The van der Waals surface area contributed by atoms with Crippen LogP contribution in [0.4, 0.5) is 5.82 Å². The van der Waals surface area contributed by atoms with Crippen LogP contribution in [0.15, 0.2) is 12.5 Å². The van der Waals surface area contributed by atoms with Crippen molar-refractivity contribution in [3.63, 3.8) is 0 Å². The molecule has 1 aromatic heterocycles. The molecule has 7 heteroatoms. The van der Waals surface area contributed by atoms with Gasteiger partial charge in [-0.3, -0.25) is 4.31 Å². The van der Waals surface area contributed by atoms with Gasteiger partial charge < -0.3 is 5.73 Å². The van der Waals surface area contributed by atoms with Crippen molar-refractivity contribution in [3.05, 3.63) is 18.1 Å². The Labute approximate surface area is 82.8 Å². The summed E-state index contributed by atoms with van der Waals surface area (Å²) in [5.41, 5.74) is 6.03. The maximum absolute atomic E-state index is 11.2. The van der Waals surface area contributed by atoms with Crippen LogP contribution in [0, 0.1) is 0 Å². The topological polar surface area (TPSA) is 89.2 Å². The van der Waals surface area contributed by atoms with Gasteiger partial charge in [0.1, 0.15) is 12.1 Å². The van der Waals surface area contributed by atoms with Crippen molar-refractivity contribution in [2.75, 3.05) is 17.6 Å². The molecule has 14 heavy (non-hydrogen) atoms. The molecule has 1 rings (SSSR count). The van der Waals surface area contributed by atoms with Crippen LogP contribution in [0.25, 0.3) is 0 Å². The van der Waals surface area contributed by atoms with E-state index < -0.39 is 10.0 Å². The first-order chi connectivity index (χ1) is 6.46. The van der Waals surface area contributed by atoms with Gasteiger partial charge in [-0.2, -0.15) is 0 Å². The summed E-state index contributed by atoms with van der Waals surface area (Å²) < 4.78 is 23.5. The lowest BCUT2D eigenvalue weighted by molar-refractivity contribution is 0.599. The van der Waals surface area contributed by atoms with Gasteiger partial charge in [-0.15, -0.1) is 0 Å². The molecule has 1 aromatic rings. The number of hydrogen-bond donors (Lipinski definition) is 1. The minimum Gasteiger partial charge on any atom is -0.326 e. The Balaban J connectivity index is 3.19. The smallest absolute Gasteiger partial charge is 0.233 e. The van der Waals surface area contributed by atoms with E-state index in [1.54, 1.807) is 0 Å². The highest BCUT2D eigenvalue weighted by Crippen LogP contribution is 2.15. The third-order valence-electron chi connectivity index (χ3n) is 1.78. The molecule has 0 aliphatic rings. The molecule has 0 unspecified atom stereocenters. The van der Waals surface area contributed by atoms with E-state index in [1.165, 1.54) is 19.6 Å². The highest BCUT2D eigenvalue weighted by Gasteiger charge is 2.16. The van der Waals surface area contributed by atoms with E-state index in [1.807, 2.05) is 0 Å². The fourth-order valence-electron chi connectivity index (χ4n) is 0.937.